The van der Waals surface area contributed by atoms with Crippen LogP contribution in [0.25, 0.3) is 27.8 Å². The fourth-order valence-electron chi connectivity index (χ4n) is 4.71. The number of aromatic hydroxyl groups is 1. The van der Waals surface area contributed by atoms with Crippen molar-refractivity contribution in [3.8, 4) is 17.0 Å². The van der Waals surface area contributed by atoms with Crippen molar-refractivity contribution in [1.82, 2.24) is 24.6 Å². The third-order valence-electron chi connectivity index (χ3n) is 6.53. The zero-order valence-corrected chi connectivity index (χ0v) is 19.6. The number of anilines is 1. The Morgan fingerprint density at radius 2 is 1.92 bits per heavy atom. The van der Waals surface area contributed by atoms with Gasteiger partial charge in [0.2, 0.25) is 5.91 Å². The van der Waals surface area contributed by atoms with Crippen LogP contribution >= 0.6 is 0 Å². The average molecular weight is 500 g/mol. The second-order valence-corrected chi connectivity index (χ2v) is 8.74. The van der Waals surface area contributed by atoms with Gasteiger partial charge in [-0.1, -0.05) is 0 Å². The van der Waals surface area contributed by atoms with Crippen LogP contribution in [0.3, 0.4) is 0 Å². The molecule has 0 radical (unpaired) electrons. The molecule has 6 rings (SSSR count). The summed E-state index contributed by atoms with van der Waals surface area (Å²) in [6.07, 6.45) is 4.57. The number of carbonyl (C=O) groups is 1. The largest absolute Gasteiger partial charge is 0.508 e. The van der Waals surface area contributed by atoms with Gasteiger partial charge in [0.25, 0.3) is 0 Å². The molecule has 3 aromatic heterocycles. The highest BCUT2D eigenvalue weighted by Crippen LogP contribution is 2.37. The molecule has 0 saturated carbocycles. The van der Waals surface area contributed by atoms with Gasteiger partial charge in [0.1, 0.15) is 23.8 Å². The first-order valence-electron chi connectivity index (χ1n) is 11.7. The summed E-state index contributed by atoms with van der Waals surface area (Å²) in [7, 11) is 0. The van der Waals surface area contributed by atoms with Crippen molar-refractivity contribution >= 4 is 28.1 Å². The Hall–Kier alpha value is -4.64. The number of benzene rings is 2. The normalized spacial score (nSPS) is 14.8. The molecular weight excluding hydrogens is 477 g/mol. The van der Waals surface area contributed by atoms with E-state index in [4.69, 9.17) is 10.5 Å². The number of nitrogens with two attached hydrogens (primary N) is 1. The number of ether oxygens (including phenoxy) is 1. The Labute approximate surface area is 210 Å². The molecule has 1 fully saturated rings. The number of primary amides is 1. The summed E-state index contributed by atoms with van der Waals surface area (Å²) < 4.78 is 22.2. The van der Waals surface area contributed by atoms with E-state index in [1.165, 1.54) is 16.9 Å². The first kappa shape index (κ1) is 22.8. The van der Waals surface area contributed by atoms with Gasteiger partial charge < -0.3 is 20.5 Å². The number of aromatic nitrogens is 5. The van der Waals surface area contributed by atoms with Gasteiger partial charge in [0, 0.05) is 53.8 Å². The second-order valence-electron chi connectivity index (χ2n) is 8.74. The molecule has 1 saturated heterocycles. The summed E-state index contributed by atoms with van der Waals surface area (Å²) in [6, 6.07) is 11.4. The maximum absolute atomic E-state index is 15.3. The van der Waals surface area contributed by atoms with Crippen molar-refractivity contribution in [2.24, 2.45) is 5.73 Å². The van der Waals surface area contributed by atoms with Crippen LogP contribution < -0.4 is 10.6 Å². The zero-order valence-electron chi connectivity index (χ0n) is 19.6. The molecule has 1 atom stereocenters. The molecule has 1 aliphatic heterocycles. The predicted octanol–water partition coefficient (Wildman–Crippen LogP) is 2.64. The Bertz CT molecular complexity index is 1650. The maximum atomic E-state index is 15.3. The van der Waals surface area contributed by atoms with E-state index in [0.29, 0.717) is 35.5 Å². The summed E-state index contributed by atoms with van der Waals surface area (Å²) in [5.74, 6) is -2.99. The fourth-order valence-corrected chi connectivity index (χ4v) is 4.71. The van der Waals surface area contributed by atoms with Crippen LogP contribution in [0.15, 0.2) is 61.2 Å². The lowest BCUT2D eigenvalue weighted by atomic mass is 9.91. The minimum atomic E-state index is -1.13. The van der Waals surface area contributed by atoms with E-state index in [-0.39, 0.29) is 16.8 Å². The van der Waals surface area contributed by atoms with Crippen LogP contribution in [0.1, 0.15) is 17.2 Å². The molecule has 1 unspecified atom stereocenters. The van der Waals surface area contributed by atoms with Gasteiger partial charge in [-0.05, 0) is 36.4 Å². The lowest BCUT2D eigenvalue weighted by Crippen LogP contribution is -2.36. The monoisotopic (exact) mass is 499 g/mol. The van der Waals surface area contributed by atoms with E-state index in [0.717, 1.165) is 24.8 Å². The summed E-state index contributed by atoms with van der Waals surface area (Å²) in [6.45, 7) is 2.84. The number of hydrogen-bond donors (Lipinski definition) is 2. The standard InChI is InChI=1S/C26H22FN7O3/c27-19-13-22(35)18(24(26(28)36)20-3-4-23-29-5-6-34(23)32-20)12-17(19)25-16-2-1-15(11-21(16)30-14-31-25)33-7-9-37-10-8-33/h1-6,11-14,24,35H,7-10H2,(H2,28,36). The van der Waals surface area contributed by atoms with Crippen LogP contribution in [0, 0.1) is 5.82 Å². The van der Waals surface area contributed by atoms with Gasteiger partial charge in [0.15, 0.2) is 5.65 Å². The van der Waals surface area contributed by atoms with Gasteiger partial charge in [0.05, 0.1) is 30.1 Å². The van der Waals surface area contributed by atoms with E-state index < -0.39 is 23.4 Å². The van der Waals surface area contributed by atoms with E-state index in [9.17, 15) is 9.90 Å². The lowest BCUT2D eigenvalue weighted by molar-refractivity contribution is -0.118. The van der Waals surface area contributed by atoms with E-state index >= 15 is 4.39 Å². The number of rotatable bonds is 5. The first-order valence-corrected chi connectivity index (χ1v) is 11.7. The molecule has 11 heteroatoms. The first-order chi connectivity index (χ1) is 18.0. The van der Waals surface area contributed by atoms with Crippen LogP contribution in [-0.2, 0) is 9.53 Å². The number of imidazole rings is 1. The smallest absolute Gasteiger partial charge is 0.231 e. The average Bonchev–Trinajstić information content (AvgIpc) is 3.38. The SMILES string of the molecule is NC(=O)C(c1ccc2nccn2n1)c1cc(-c2ncnc3cc(N4CCOCC4)ccc23)c(F)cc1O. The van der Waals surface area contributed by atoms with Crippen molar-refractivity contribution in [3.63, 3.8) is 0 Å². The predicted molar refractivity (Wildman–Crippen MR) is 134 cm³/mol. The highest BCUT2D eigenvalue weighted by Gasteiger charge is 2.28. The molecule has 37 heavy (non-hydrogen) atoms. The number of nitrogens with zero attached hydrogens (tertiary/aromatic N) is 6. The Kier molecular flexibility index (Phi) is 5.61. The highest BCUT2D eigenvalue weighted by molar-refractivity contribution is 5.95. The van der Waals surface area contributed by atoms with Crippen molar-refractivity contribution < 1.29 is 19.0 Å². The maximum Gasteiger partial charge on any atom is 0.231 e. The van der Waals surface area contributed by atoms with Gasteiger partial charge >= 0.3 is 0 Å². The van der Waals surface area contributed by atoms with E-state index in [2.05, 4.69) is 25.0 Å². The van der Waals surface area contributed by atoms with Gasteiger partial charge in [-0.3, -0.25) is 4.79 Å². The third-order valence-corrected chi connectivity index (χ3v) is 6.53. The van der Waals surface area contributed by atoms with Crippen LogP contribution in [-0.4, -0.2) is 61.9 Å². The molecule has 186 valence electrons. The topological polar surface area (TPSA) is 132 Å². The number of halogens is 1. The number of phenols is 1. The van der Waals surface area contributed by atoms with Crippen molar-refractivity contribution in [1.29, 1.82) is 0 Å². The van der Waals surface area contributed by atoms with Gasteiger partial charge in [-0.15, -0.1) is 0 Å². The molecule has 0 aliphatic carbocycles. The summed E-state index contributed by atoms with van der Waals surface area (Å²) in [5, 5.41) is 15.7. The minimum absolute atomic E-state index is 0.106. The van der Waals surface area contributed by atoms with Crippen molar-refractivity contribution in [3.05, 3.63) is 78.3 Å². The molecule has 4 heterocycles. The lowest BCUT2D eigenvalue weighted by Gasteiger charge is -2.29. The van der Waals surface area contributed by atoms with Crippen molar-refractivity contribution in [2.45, 2.75) is 5.92 Å². The number of fused-ring (bicyclic) bond motifs is 2. The van der Waals surface area contributed by atoms with Crippen LogP contribution in [0.4, 0.5) is 10.1 Å². The number of hydrogen-bond acceptors (Lipinski definition) is 8. The van der Waals surface area contributed by atoms with Crippen molar-refractivity contribution in [2.75, 3.05) is 31.2 Å². The molecule has 0 spiro atoms. The Balaban J connectivity index is 1.46. The van der Waals surface area contributed by atoms with E-state index in [1.807, 2.05) is 18.2 Å². The summed E-state index contributed by atoms with van der Waals surface area (Å²) >= 11 is 0. The molecule has 10 nitrogen and oxygen atoms in total. The second kappa shape index (κ2) is 9.10. The number of amides is 1. The van der Waals surface area contributed by atoms with Crippen LogP contribution in [0.5, 0.6) is 5.75 Å². The number of morpholine rings is 1. The molecule has 0 bridgehead atoms. The molecular formula is C26H22FN7O3. The Morgan fingerprint density at radius 3 is 2.73 bits per heavy atom. The minimum Gasteiger partial charge on any atom is -0.508 e. The quantitative estimate of drug-likeness (QED) is 0.377. The molecule has 1 amide bonds. The fraction of sp³-hybridized carbons (Fsp3) is 0.192. The molecule has 3 N–H and O–H groups in total. The number of phenolic OH excluding ortho intramolecular Hbond substituents is 1. The zero-order chi connectivity index (χ0) is 25.5. The molecule has 5 aromatic rings. The molecule has 2 aromatic carbocycles. The van der Waals surface area contributed by atoms with Gasteiger partial charge in [-0.2, -0.15) is 5.10 Å². The van der Waals surface area contributed by atoms with Gasteiger partial charge in [-0.25, -0.2) is 23.9 Å². The highest BCUT2D eigenvalue weighted by atomic mass is 19.1. The summed E-state index contributed by atoms with van der Waals surface area (Å²) in [4.78, 5) is 27.7. The summed E-state index contributed by atoms with van der Waals surface area (Å²) in [5.41, 5.74) is 8.80. The van der Waals surface area contributed by atoms with Crippen LogP contribution in [0.2, 0.25) is 0 Å². The Morgan fingerprint density at radius 1 is 1.08 bits per heavy atom. The number of carbonyl (C=O) groups excluding carboxylic acids is 1. The molecule has 1 aliphatic rings. The van der Waals surface area contributed by atoms with E-state index in [1.54, 1.807) is 24.5 Å². The third kappa shape index (κ3) is 4.08.